The van der Waals surface area contributed by atoms with Crippen molar-refractivity contribution in [3.63, 3.8) is 0 Å². The van der Waals surface area contributed by atoms with Crippen LogP contribution in [0.3, 0.4) is 0 Å². The van der Waals surface area contributed by atoms with E-state index in [9.17, 15) is 4.79 Å². The fourth-order valence-corrected chi connectivity index (χ4v) is 0.751. The average Bonchev–Trinajstić information content (AvgIpc) is 2.03. The van der Waals surface area contributed by atoms with Crippen molar-refractivity contribution in [1.29, 1.82) is 0 Å². The van der Waals surface area contributed by atoms with Gasteiger partial charge in [0.05, 0.1) is 0 Å². The first kappa shape index (κ1) is 7.68. The Morgan fingerprint density at radius 2 is 2.45 bits per heavy atom. The topological polar surface area (TPSA) is 62.2 Å². The summed E-state index contributed by atoms with van der Waals surface area (Å²) in [7, 11) is 0. The molecule has 0 radical (unpaired) electrons. The molecule has 58 valence electrons. The highest BCUT2D eigenvalue weighted by molar-refractivity contribution is 5.93. The number of aryl methyl sites for hydroxylation is 1. The predicted molar refractivity (Wildman–Crippen MR) is 38.2 cm³/mol. The largest absolute Gasteiger partial charge is 0.288 e. The zero-order valence-electron chi connectivity index (χ0n) is 6.03. The minimum Gasteiger partial charge on any atom is -0.288 e. The van der Waals surface area contributed by atoms with Crippen molar-refractivity contribution < 1.29 is 10.0 Å². The molecule has 0 atom stereocenters. The van der Waals surface area contributed by atoms with Crippen molar-refractivity contribution in [2.24, 2.45) is 0 Å². The molecule has 0 spiro atoms. The van der Waals surface area contributed by atoms with E-state index < -0.39 is 5.91 Å². The van der Waals surface area contributed by atoms with Gasteiger partial charge in [0.25, 0.3) is 5.91 Å². The Morgan fingerprint density at radius 1 is 1.73 bits per heavy atom. The molecule has 11 heavy (non-hydrogen) atoms. The molecule has 0 aliphatic rings. The van der Waals surface area contributed by atoms with Gasteiger partial charge in [-0.3, -0.25) is 15.0 Å². The second kappa shape index (κ2) is 3.12. The van der Waals surface area contributed by atoms with Crippen molar-refractivity contribution in [3.05, 3.63) is 29.6 Å². The predicted octanol–water partition coefficient (Wildman–Crippen LogP) is 0.509. The van der Waals surface area contributed by atoms with E-state index in [2.05, 4.69) is 4.98 Å². The Labute approximate surface area is 63.8 Å². The van der Waals surface area contributed by atoms with Crippen LogP contribution in [0.1, 0.15) is 16.1 Å². The molecule has 0 saturated heterocycles. The normalized spacial score (nSPS) is 9.27. The number of hydrogen-bond acceptors (Lipinski definition) is 3. The standard InChI is InChI=1S/C7H8N2O2/c1-5-4-6(2-3-8-5)7(10)9-11/h2-4,11H,1H3,(H,9,10). The molecule has 0 aliphatic heterocycles. The highest BCUT2D eigenvalue weighted by Crippen LogP contribution is 1.99. The fourth-order valence-electron chi connectivity index (χ4n) is 0.751. The summed E-state index contributed by atoms with van der Waals surface area (Å²) in [6, 6.07) is 3.12. The quantitative estimate of drug-likeness (QED) is 0.455. The molecule has 1 amide bonds. The minimum atomic E-state index is -0.518. The van der Waals surface area contributed by atoms with E-state index in [-0.39, 0.29) is 0 Å². The molecule has 4 nitrogen and oxygen atoms in total. The number of hydroxylamine groups is 1. The number of nitrogens with zero attached hydrogens (tertiary/aromatic N) is 1. The first-order valence-corrected chi connectivity index (χ1v) is 3.11. The molecule has 0 fully saturated rings. The van der Waals surface area contributed by atoms with Crippen LogP contribution in [0.4, 0.5) is 0 Å². The summed E-state index contributed by atoms with van der Waals surface area (Å²) in [5.74, 6) is -0.518. The molecule has 0 saturated carbocycles. The first-order chi connectivity index (χ1) is 5.24. The summed E-state index contributed by atoms with van der Waals surface area (Å²) in [6.07, 6.45) is 1.51. The van der Waals surface area contributed by atoms with E-state index >= 15 is 0 Å². The molecule has 0 bridgehead atoms. The summed E-state index contributed by atoms with van der Waals surface area (Å²) in [5, 5.41) is 8.26. The maximum absolute atomic E-state index is 10.8. The Balaban J connectivity index is 2.96. The van der Waals surface area contributed by atoms with Gasteiger partial charge in [0.2, 0.25) is 0 Å². The highest BCUT2D eigenvalue weighted by Gasteiger charge is 2.02. The van der Waals surface area contributed by atoms with Gasteiger partial charge in [-0.05, 0) is 19.1 Å². The van der Waals surface area contributed by atoms with Gasteiger partial charge < -0.3 is 0 Å². The van der Waals surface area contributed by atoms with Crippen molar-refractivity contribution in [2.45, 2.75) is 6.92 Å². The average molecular weight is 152 g/mol. The third-order valence-electron chi connectivity index (χ3n) is 1.26. The van der Waals surface area contributed by atoms with Crippen LogP contribution < -0.4 is 5.48 Å². The van der Waals surface area contributed by atoms with E-state index in [4.69, 9.17) is 5.21 Å². The lowest BCUT2D eigenvalue weighted by Gasteiger charge is -1.97. The monoisotopic (exact) mass is 152 g/mol. The van der Waals surface area contributed by atoms with Gasteiger partial charge >= 0.3 is 0 Å². The second-order valence-electron chi connectivity index (χ2n) is 2.13. The van der Waals surface area contributed by atoms with Crippen molar-refractivity contribution in [1.82, 2.24) is 10.5 Å². The number of amides is 1. The Kier molecular flexibility index (Phi) is 2.18. The number of pyridine rings is 1. The van der Waals surface area contributed by atoms with Crippen LogP contribution in [0, 0.1) is 6.92 Å². The molecule has 2 N–H and O–H groups in total. The number of hydrogen-bond donors (Lipinski definition) is 2. The lowest BCUT2D eigenvalue weighted by atomic mass is 10.2. The maximum Gasteiger partial charge on any atom is 0.274 e. The van der Waals surface area contributed by atoms with Gasteiger partial charge in [0.1, 0.15) is 0 Å². The van der Waals surface area contributed by atoms with Gasteiger partial charge in [-0.15, -0.1) is 0 Å². The molecule has 1 aromatic heterocycles. The van der Waals surface area contributed by atoms with Gasteiger partial charge in [-0.2, -0.15) is 0 Å². The van der Waals surface area contributed by atoms with Crippen LogP contribution in [-0.4, -0.2) is 16.1 Å². The minimum absolute atomic E-state index is 0.403. The SMILES string of the molecule is Cc1cc(C(=O)NO)ccn1. The summed E-state index contributed by atoms with van der Waals surface area (Å²) in [4.78, 5) is 14.7. The molecule has 0 aromatic carbocycles. The van der Waals surface area contributed by atoms with E-state index in [1.165, 1.54) is 12.3 Å². The number of nitrogens with one attached hydrogen (secondary N) is 1. The van der Waals surface area contributed by atoms with Gasteiger partial charge in [0, 0.05) is 17.5 Å². The molecular formula is C7H8N2O2. The molecule has 0 aliphatic carbocycles. The summed E-state index contributed by atoms with van der Waals surface area (Å²) >= 11 is 0. The van der Waals surface area contributed by atoms with E-state index in [1.54, 1.807) is 18.5 Å². The molecule has 1 rings (SSSR count). The third kappa shape index (κ3) is 1.75. The zero-order chi connectivity index (χ0) is 8.27. The number of carbonyl (C=O) groups is 1. The second-order valence-corrected chi connectivity index (χ2v) is 2.13. The highest BCUT2D eigenvalue weighted by atomic mass is 16.5. The molecule has 4 heteroatoms. The van der Waals surface area contributed by atoms with Crippen LogP contribution in [0.15, 0.2) is 18.3 Å². The lowest BCUT2D eigenvalue weighted by Crippen LogP contribution is -2.18. The number of carbonyl (C=O) groups excluding carboxylic acids is 1. The van der Waals surface area contributed by atoms with Gasteiger partial charge in [-0.25, -0.2) is 5.48 Å². The van der Waals surface area contributed by atoms with Crippen LogP contribution in [0.2, 0.25) is 0 Å². The first-order valence-electron chi connectivity index (χ1n) is 3.11. The number of aromatic nitrogens is 1. The fraction of sp³-hybridized carbons (Fsp3) is 0.143. The van der Waals surface area contributed by atoms with Crippen LogP contribution in [0.5, 0.6) is 0 Å². The van der Waals surface area contributed by atoms with E-state index in [0.717, 1.165) is 5.69 Å². The molecule has 1 aromatic rings. The van der Waals surface area contributed by atoms with Crippen molar-refractivity contribution >= 4 is 5.91 Å². The van der Waals surface area contributed by atoms with Crippen LogP contribution in [-0.2, 0) is 0 Å². The molecular weight excluding hydrogens is 144 g/mol. The van der Waals surface area contributed by atoms with Gasteiger partial charge in [-0.1, -0.05) is 0 Å². The molecule has 0 unspecified atom stereocenters. The third-order valence-corrected chi connectivity index (χ3v) is 1.26. The zero-order valence-corrected chi connectivity index (χ0v) is 6.03. The van der Waals surface area contributed by atoms with Gasteiger partial charge in [0.15, 0.2) is 0 Å². The Hall–Kier alpha value is -1.42. The van der Waals surface area contributed by atoms with Crippen molar-refractivity contribution in [3.8, 4) is 0 Å². The Bertz CT molecular complexity index is 273. The van der Waals surface area contributed by atoms with Crippen LogP contribution in [0.25, 0.3) is 0 Å². The Morgan fingerprint density at radius 3 is 3.00 bits per heavy atom. The number of rotatable bonds is 1. The lowest BCUT2D eigenvalue weighted by molar-refractivity contribution is 0.0706. The maximum atomic E-state index is 10.8. The van der Waals surface area contributed by atoms with Crippen molar-refractivity contribution in [2.75, 3.05) is 0 Å². The summed E-state index contributed by atoms with van der Waals surface area (Å²) in [5.41, 5.74) is 2.69. The summed E-state index contributed by atoms with van der Waals surface area (Å²) < 4.78 is 0. The van der Waals surface area contributed by atoms with Crippen LogP contribution >= 0.6 is 0 Å². The summed E-state index contributed by atoms with van der Waals surface area (Å²) in [6.45, 7) is 1.77. The van der Waals surface area contributed by atoms with E-state index in [0.29, 0.717) is 5.56 Å². The van der Waals surface area contributed by atoms with E-state index in [1.807, 2.05) is 0 Å². The molecule has 1 heterocycles. The smallest absolute Gasteiger partial charge is 0.274 e.